The van der Waals surface area contributed by atoms with Gasteiger partial charge in [0.15, 0.2) is 5.13 Å². The molecule has 0 atom stereocenters. The summed E-state index contributed by atoms with van der Waals surface area (Å²) in [6.45, 7) is 0. The van der Waals surface area contributed by atoms with Crippen LogP contribution in [0.5, 0.6) is 0 Å². The van der Waals surface area contributed by atoms with Gasteiger partial charge in [-0.2, -0.15) is 5.26 Å². The molecule has 0 fully saturated rings. The zero-order chi connectivity index (χ0) is 10.7. The number of rotatable bonds is 2. The number of nitrogens with one attached hydrogen (secondary N) is 1. The van der Waals surface area contributed by atoms with Crippen molar-refractivity contribution in [2.24, 2.45) is 0 Å². The van der Waals surface area contributed by atoms with Crippen molar-refractivity contribution >= 4 is 33.9 Å². The fraction of sp³-hybridized carbons (Fsp3) is 0. The summed E-state index contributed by atoms with van der Waals surface area (Å²) in [4.78, 5) is 8.63. The zero-order valence-corrected chi connectivity index (χ0v) is 9.01. The molecule has 0 unspecified atom stereocenters. The van der Waals surface area contributed by atoms with E-state index in [2.05, 4.69) is 15.3 Å². The Hall–Kier alpha value is -1.64. The molecule has 0 bridgehead atoms. The summed E-state index contributed by atoms with van der Waals surface area (Å²) in [6, 6.07) is 5.49. The SMILES string of the molecule is N#Cc1cnc(Nc2ccc(Cl)cn2)s1. The molecule has 0 aliphatic rings. The predicted molar refractivity (Wildman–Crippen MR) is 59.4 cm³/mol. The number of hydrogen-bond donors (Lipinski definition) is 1. The number of anilines is 2. The highest BCUT2D eigenvalue weighted by molar-refractivity contribution is 7.16. The van der Waals surface area contributed by atoms with E-state index in [1.807, 2.05) is 6.07 Å². The standard InChI is InChI=1S/C9H5ClN4S/c10-6-1-2-8(12-4-6)14-9-13-5-7(3-11)15-9/h1-2,4-5H,(H,12,13,14). The second-order valence-corrected chi connectivity index (χ2v) is 4.10. The van der Waals surface area contributed by atoms with Crippen molar-refractivity contribution in [2.75, 3.05) is 5.32 Å². The first kappa shape index (κ1) is 9.90. The lowest BCUT2D eigenvalue weighted by atomic mass is 10.5. The summed E-state index contributed by atoms with van der Waals surface area (Å²) >= 11 is 6.97. The zero-order valence-electron chi connectivity index (χ0n) is 7.44. The normalized spacial score (nSPS) is 9.60. The van der Waals surface area contributed by atoms with E-state index < -0.39 is 0 Å². The molecule has 1 N–H and O–H groups in total. The molecule has 0 aliphatic heterocycles. The monoisotopic (exact) mass is 236 g/mol. The van der Waals surface area contributed by atoms with E-state index in [1.165, 1.54) is 17.5 Å². The molecule has 15 heavy (non-hydrogen) atoms. The number of nitrogens with zero attached hydrogens (tertiary/aromatic N) is 3. The third kappa shape index (κ3) is 2.43. The summed E-state index contributed by atoms with van der Waals surface area (Å²) in [5, 5.41) is 12.8. The molecule has 2 aromatic rings. The Kier molecular flexibility index (Phi) is 2.81. The first-order valence-electron chi connectivity index (χ1n) is 4.02. The third-order valence-corrected chi connectivity index (χ3v) is 2.62. The van der Waals surface area contributed by atoms with Gasteiger partial charge in [0.1, 0.15) is 16.8 Å². The van der Waals surface area contributed by atoms with Crippen LogP contribution in [0.3, 0.4) is 0 Å². The van der Waals surface area contributed by atoms with E-state index in [1.54, 1.807) is 18.3 Å². The molecule has 4 nitrogen and oxygen atoms in total. The molecule has 0 radical (unpaired) electrons. The van der Waals surface area contributed by atoms with Gasteiger partial charge in [-0.3, -0.25) is 0 Å². The number of pyridine rings is 1. The lowest BCUT2D eigenvalue weighted by molar-refractivity contribution is 1.29. The molecule has 0 saturated heterocycles. The van der Waals surface area contributed by atoms with Crippen molar-refractivity contribution in [2.45, 2.75) is 0 Å². The van der Waals surface area contributed by atoms with Gasteiger partial charge in [-0.15, -0.1) is 0 Å². The molecule has 0 aliphatic carbocycles. The Morgan fingerprint density at radius 1 is 1.33 bits per heavy atom. The molecule has 0 amide bonds. The number of hydrogen-bond acceptors (Lipinski definition) is 5. The van der Waals surface area contributed by atoms with Crippen molar-refractivity contribution in [1.82, 2.24) is 9.97 Å². The van der Waals surface area contributed by atoms with Gasteiger partial charge < -0.3 is 5.32 Å². The minimum atomic E-state index is 0.562. The second-order valence-electron chi connectivity index (χ2n) is 2.63. The lowest BCUT2D eigenvalue weighted by Gasteiger charge is -1.99. The van der Waals surface area contributed by atoms with E-state index in [0.29, 0.717) is 20.8 Å². The molecule has 0 aromatic carbocycles. The quantitative estimate of drug-likeness (QED) is 0.871. The van der Waals surface area contributed by atoms with Gasteiger partial charge in [0, 0.05) is 6.20 Å². The first-order valence-corrected chi connectivity index (χ1v) is 5.22. The third-order valence-electron chi connectivity index (χ3n) is 1.58. The van der Waals surface area contributed by atoms with E-state index >= 15 is 0 Å². The highest BCUT2D eigenvalue weighted by Gasteiger charge is 2.01. The summed E-state index contributed by atoms with van der Waals surface area (Å²) in [5.74, 6) is 0.651. The Labute approximate surface area is 95.2 Å². The molecule has 2 heterocycles. The molecule has 2 aromatic heterocycles. The van der Waals surface area contributed by atoms with E-state index in [-0.39, 0.29) is 0 Å². The topological polar surface area (TPSA) is 61.6 Å². The number of nitriles is 1. The van der Waals surface area contributed by atoms with Crippen LogP contribution in [0.15, 0.2) is 24.5 Å². The highest BCUT2D eigenvalue weighted by atomic mass is 35.5. The maximum Gasteiger partial charge on any atom is 0.189 e. The largest absolute Gasteiger partial charge is 0.316 e. The number of halogens is 1. The van der Waals surface area contributed by atoms with Gasteiger partial charge in [-0.05, 0) is 12.1 Å². The average molecular weight is 237 g/mol. The van der Waals surface area contributed by atoms with Crippen molar-refractivity contribution in [3.05, 3.63) is 34.4 Å². The first-order chi connectivity index (χ1) is 7.28. The van der Waals surface area contributed by atoms with Gasteiger partial charge in [-0.25, -0.2) is 9.97 Å². The maximum atomic E-state index is 8.61. The molecular formula is C9H5ClN4S. The molecule has 0 saturated carbocycles. The molecule has 0 spiro atoms. The average Bonchev–Trinajstić information content (AvgIpc) is 2.69. The smallest absolute Gasteiger partial charge is 0.189 e. The summed E-state index contributed by atoms with van der Waals surface area (Å²) < 4.78 is 0. The van der Waals surface area contributed by atoms with E-state index in [9.17, 15) is 0 Å². The van der Waals surface area contributed by atoms with Gasteiger partial charge in [0.05, 0.1) is 11.2 Å². The van der Waals surface area contributed by atoms with Crippen molar-refractivity contribution < 1.29 is 0 Å². The van der Waals surface area contributed by atoms with Crippen LogP contribution < -0.4 is 5.32 Å². The Morgan fingerprint density at radius 2 is 2.20 bits per heavy atom. The van der Waals surface area contributed by atoms with Crippen LogP contribution in [0.1, 0.15) is 4.88 Å². The van der Waals surface area contributed by atoms with Crippen molar-refractivity contribution in [3.8, 4) is 6.07 Å². The van der Waals surface area contributed by atoms with Crippen LogP contribution in [0.25, 0.3) is 0 Å². The lowest BCUT2D eigenvalue weighted by Crippen LogP contribution is -1.91. The summed E-state index contributed by atoms with van der Waals surface area (Å²) in [7, 11) is 0. The summed E-state index contributed by atoms with van der Waals surface area (Å²) in [6.07, 6.45) is 3.06. The van der Waals surface area contributed by atoms with E-state index in [4.69, 9.17) is 16.9 Å². The Bertz CT molecular complexity index is 500. The van der Waals surface area contributed by atoms with Gasteiger partial charge in [0.2, 0.25) is 0 Å². The van der Waals surface area contributed by atoms with Gasteiger partial charge in [-0.1, -0.05) is 22.9 Å². The fourth-order valence-corrected chi connectivity index (χ4v) is 1.68. The predicted octanol–water partition coefficient (Wildman–Crippen LogP) is 2.81. The van der Waals surface area contributed by atoms with Crippen LogP contribution in [0.4, 0.5) is 10.9 Å². The van der Waals surface area contributed by atoms with Crippen LogP contribution in [-0.4, -0.2) is 9.97 Å². The summed E-state index contributed by atoms with van der Waals surface area (Å²) in [5.41, 5.74) is 0. The maximum absolute atomic E-state index is 8.61. The second kappa shape index (κ2) is 4.26. The Morgan fingerprint density at radius 3 is 2.80 bits per heavy atom. The number of aromatic nitrogens is 2. The van der Waals surface area contributed by atoms with Gasteiger partial charge >= 0.3 is 0 Å². The Balaban J connectivity index is 2.15. The highest BCUT2D eigenvalue weighted by Crippen LogP contribution is 2.21. The minimum absolute atomic E-state index is 0.562. The van der Waals surface area contributed by atoms with Crippen molar-refractivity contribution in [3.63, 3.8) is 0 Å². The molecule has 6 heteroatoms. The molecule has 74 valence electrons. The fourth-order valence-electron chi connectivity index (χ4n) is 0.943. The molecule has 2 rings (SSSR count). The van der Waals surface area contributed by atoms with Crippen molar-refractivity contribution in [1.29, 1.82) is 5.26 Å². The van der Waals surface area contributed by atoms with Gasteiger partial charge in [0.25, 0.3) is 0 Å². The van der Waals surface area contributed by atoms with Crippen LogP contribution >= 0.6 is 22.9 Å². The minimum Gasteiger partial charge on any atom is -0.316 e. The number of thiazole rings is 1. The molecular weight excluding hydrogens is 232 g/mol. The van der Waals surface area contributed by atoms with Crippen LogP contribution in [0, 0.1) is 11.3 Å². The van der Waals surface area contributed by atoms with Crippen LogP contribution in [0.2, 0.25) is 5.02 Å². The van der Waals surface area contributed by atoms with E-state index in [0.717, 1.165) is 0 Å². The van der Waals surface area contributed by atoms with Crippen LogP contribution in [-0.2, 0) is 0 Å².